The summed E-state index contributed by atoms with van der Waals surface area (Å²) >= 11 is 1.23. The second-order valence-electron chi connectivity index (χ2n) is 7.00. The SMILES string of the molecule is CNC(=O)c1sc2nc([C@H]3CCCCN3C(=O)c3ccccc3F)ccc2c1N. The molecule has 3 N–H and O–H groups in total. The molecule has 4 rings (SSSR count). The van der Waals surface area contributed by atoms with Crippen LogP contribution in [0, 0.1) is 5.82 Å². The first kappa shape index (κ1) is 19.3. The van der Waals surface area contributed by atoms with E-state index >= 15 is 0 Å². The largest absolute Gasteiger partial charge is 0.397 e. The number of amides is 2. The van der Waals surface area contributed by atoms with Gasteiger partial charge in [0, 0.05) is 19.0 Å². The lowest BCUT2D eigenvalue weighted by atomic mass is 9.97. The van der Waals surface area contributed by atoms with Crippen LogP contribution >= 0.6 is 11.3 Å². The van der Waals surface area contributed by atoms with Gasteiger partial charge in [0.25, 0.3) is 11.8 Å². The number of nitrogens with two attached hydrogens (primary N) is 1. The number of pyridine rings is 1. The van der Waals surface area contributed by atoms with Crippen molar-refractivity contribution in [2.24, 2.45) is 0 Å². The molecule has 3 aromatic rings. The second-order valence-corrected chi connectivity index (χ2v) is 8.00. The standard InChI is InChI=1S/C21H21FN4O2S/c1-24-19(27)18-17(23)13-9-10-15(25-20(13)29-18)16-8-4-5-11-26(16)21(28)12-6-2-3-7-14(12)22/h2-3,6-7,9-10,16H,4-5,8,11,23H2,1H3,(H,24,27)/t16-/m1/s1. The van der Waals surface area contributed by atoms with Crippen LogP contribution in [0.5, 0.6) is 0 Å². The van der Waals surface area contributed by atoms with E-state index < -0.39 is 5.82 Å². The number of likely N-dealkylation sites (tertiary alicyclic amines) is 1. The van der Waals surface area contributed by atoms with Crippen molar-refractivity contribution in [1.29, 1.82) is 0 Å². The molecule has 3 heterocycles. The Morgan fingerprint density at radius 3 is 2.79 bits per heavy atom. The van der Waals surface area contributed by atoms with E-state index in [2.05, 4.69) is 5.32 Å². The summed E-state index contributed by atoms with van der Waals surface area (Å²) in [6.07, 6.45) is 2.58. The molecule has 29 heavy (non-hydrogen) atoms. The minimum absolute atomic E-state index is 0.0720. The highest BCUT2D eigenvalue weighted by molar-refractivity contribution is 7.21. The predicted octanol–water partition coefficient (Wildman–Crippen LogP) is 3.74. The number of fused-ring (bicyclic) bond motifs is 1. The number of nitrogens with zero attached hydrogens (tertiary/aromatic N) is 2. The van der Waals surface area contributed by atoms with Crippen LogP contribution in [0.25, 0.3) is 10.2 Å². The molecular weight excluding hydrogens is 391 g/mol. The number of hydrogen-bond acceptors (Lipinski definition) is 5. The average molecular weight is 412 g/mol. The Morgan fingerprint density at radius 1 is 1.24 bits per heavy atom. The summed E-state index contributed by atoms with van der Waals surface area (Å²) in [5.74, 6) is -1.10. The molecule has 6 nitrogen and oxygen atoms in total. The van der Waals surface area contributed by atoms with Gasteiger partial charge in [-0.3, -0.25) is 9.59 Å². The summed E-state index contributed by atoms with van der Waals surface area (Å²) in [5, 5.41) is 3.30. The Kier molecular flexibility index (Phi) is 5.19. The van der Waals surface area contributed by atoms with Crippen LogP contribution in [0.3, 0.4) is 0 Å². The Bertz CT molecular complexity index is 1100. The molecule has 1 atom stereocenters. The summed E-state index contributed by atoms with van der Waals surface area (Å²) < 4.78 is 14.2. The zero-order valence-corrected chi connectivity index (χ0v) is 16.8. The highest BCUT2D eigenvalue weighted by Crippen LogP contribution is 2.36. The molecule has 0 aliphatic carbocycles. The fourth-order valence-corrected chi connectivity index (χ4v) is 4.80. The van der Waals surface area contributed by atoms with Gasteiger partial charge in [0.05, 0.1) is 23.0 Å². The van der Waals surface area contributed by atoms with Gasteiger partial charge < -0.3 is 16.0 Å². The quantitative estimate of drug-likeness (QED) is 0.686. The lowest BCUT2D eigenvalue weighted by Gasteiger charge is -2.35. The van der Waals surface area contributed by atoms with Crippen LogP contribution in [0.2, 0.25) is 0 Å². The molecule has 1 saturated heterocycles. The zero-order valence-electron chi connectivity index (χ0n) is 15.9. The van der Waals surface area contributed by atoms with Gasteiger partial charge in [-0.2, -0.15) is 0 Å². The molecular formula is C21H21FN4O2S. The minimum Gasteiger partial charge on any atom is -0.397 e. The van der Waals surface area contributed by atoms with Crippen molar-refractivity contribution in [1.82, 2.24) is 15.2 Å². The van der Waals surface area contributed by atoms with Gasteiger partial charge in [0.2, 0.25) is 0 Å². The van der Waals surface area contributed by atoms with E-state index in [9.17, 15) is 14.0 Å². The van der Waals surface area contributed by atoms with Gasteiger partial charge in [-0.1, -0.05) is 12.1 Å². The lowest BCUT2D eigenvalue weighted by Crippen LogP contribution is -2.39. The number of thiophene rings is 1. The van der Waals surface area contributed by atoms with Crippen LogP contribution in [-0.2, 0) is 0 Å². The van der Waals surface area contributed by atoms with Crippen LogP contribution in [0.4, 0.5) is 10.1 Å². The van der Waals surface area contributed by atoms with Crippen molar-refractivity contribution in [3.63, 3.8) is 0 Å². The number of rotatable bonds is 3. The lowest BCUT2D eigenvalue weighted by molar-refractivity contribution is 0.0601. The molecule has 1 aliphatic heterocycles. The Morgan fingerprint density at radius 2 is 2.03 bits per heavy atom. The number of hydrogen-bond donors (Lipinski definition) is 2. The number of nitrogens with one attached hydrogen (secondary N) is 1. The van der Waals surface area contributed by atoms with Gasteiger partial charge in [0.1, 0.15) is 15.5 Å². The molecule has 0 saturated carbocycles. The van der Waals surface area contributed by atoms with Crippen molar-refractivity contribution in [3.05, 3.63) is 58.3 Å². The average Bonchev–Trinajstić information content (AvgIpc) is 3.09. The maximum absolute atomic E-state index is 14.2. The van der Waals surface area contributed by atoms with Gasteiger partial charge >= 0.3 is 0 Å². The predicted molar refractivity (Wildman–Crippen MR) is 111 cm³/mol. The van der Waals surface area contributed by atoms with Crippen molar-refractivity contribution >= 4 is 39.1 Å². The molecule has 0 radical (unpaired) electrons. The van der Waals surface area contributed by atoms with Crippen LogP contribution in [-0.4, -0.2) is 35.3 Å². The molecule has 1 fully saturated rings. The highest BCUT2D eigenvalue weighted by atomic mass is 32.1. The number of nitrogen functional groups attached to an aromatic ring is 1. The normalized spacial score (nSPS) is 16.8. The number of carbonyl (C=O) groups excluding carboxylic acids is 2. The highest BCUT2D eigenvalue weighted by Gasteiger charge is 2.31. The molecule has 8 heteroatoms. The van der Waals surface area contributed by atoms with E-state index in [1.54, 1.807) is 24.1 Å². The van der Waals surface area contributed by atoms with Gasteiger partial charge in [-0.05, 0) is 43.5 Å². The van der Waals surface area contributed by atoms with E-state index in [1.165, 1.54) is 23.5 Å². The first-order chi connectivity index (χ1) is 14.0. The van der Waals surface area contributed by atoms with Gasteiger partial charge in [-0.15, -0.1) is 11.3 Å². The zero-order chi connectivity index (χ0) is 20.5. The third-order valence-electron chi connectivity index (χ3n) is 5.26. The number of halogens is 1. The van der Waals surface area contributed by atoms with Gasteiger partial charge in [-0.25, -0.2) is 9.37 Å². The van der Waals surface area contributed by atoms with Crippen LogP contribution in [0.1, 0.15) is 51.0 Å². The number of aromatic nitrogens is 1. The molecule has 150 valence electrons. The molecule has 2 amide bonds. The minimum atomic E-state index is -0.522. The van der Waals surface area contributed by atoms with Crippen molar-refractivity contribution in [2.75, 3.05) is 19.3 Å². The molecule has 0 unspecified atom stereocenters. The Balaban J connectivity index is 1.71. The molecule has 1 aromatic carbocycles. The van der Waals surface area contributed by atoms with E-state index in [0.717, 1.165) is 30.3 Å². The summed E-state index contributed by atoms with van der Waals surface area (Å²) in [7, 11) is 1.55. The monoisotopic (exact) mass is 412 g/mol. The third-order valence-corrected chi connectivity index (χ3v) is 6.37. The third kappa shape index (κ3) is 3.44. The smallest absolute Gasteiger partial charge is 0.263 e. The fraction of sp³-hybridized carbons (Fsp3) is 0.286. The topological polar surface area (TPSA) is 88.3 Å². The maximum Gasteiger partial charge on any atom is 0.263 e. The van der Waals surface area contributed by atoms with Crippen LogP contribution < -0.4 is 11.1 Å². The molecule has 0 spiro atoms. The second kappa shape index (κ2) is 7.79. The maximum atomic E-state index is 14.2. The summed E-state index contributed by atoms with van der Waals surface area (Å²) in [5.41, 5.74) is 7.32. The summed E-state index contributed by atoms with van der Waals surface area (Å²) in [6.45, 7) is 0.549. The summed E-state index contributed by atoms with van der Waals surface area (Å²) in [4.78, 5) is 32.6. The van der Waals surface area contributed by atoms with Gasteiger partial charge in [0.15, 0.2) is 0 Å². The Hall–Kier alpha value is -3.00. The van der Waals surface area contributed by atoms with E-state index in [0.29, 0.717) is 21.9 Å². The van der Waals surface area contributed by atoms with E-state index in [1.807, 2.05) is 12.1 Å². The molecule has 2 aromatic heterocycles. The first-order valence-corrected chi connectivity index (χ1v) is 10.3. The first-order valence-electron chi connectivity index (χ1n) is 9.47. The molecule has 0 bridgehead atoms. The number of benzene rings is 1. The van der Waals surface area contributed by atoms with Crippen molar-refractivity contribution in [2.45, 2.75) is 25.3 Å². The number of anilines is 1. The Labute approximate surface area is 171 Å². The van der Waals surface area contributed by atoms with Crippen LogP contribution in [0.15, 0.2) is 36.4 Å². The van der Waals surface area contributed by atoms with E-state index in [4.69, 9.17) is 10.7 Å². The number of piperidine rings is 1. The number of carbonyl (C=O) groups is 2. The summed E-state index contributed by atoms with van der Waals surface area (Å²) in [6, 6.07) is 9.48. The van der Waals surface area contributed by atoms with Crippen molar-refractivity contribution < 1.29 is 14.0 Å². The van der Waals surface area contributed by atoms with Crippen molar-refractivity contribution in [3.8, 4) is 0 Å². The van der Waals surface area contributed by atoms with E-state index in [-0.39, 0.29) is 23.4 Å². The molecule has 1 aliphatic rings. The fourth-order valence-electron chi connectivity index (χ4n) is 3.75.